The van der Waals surface area contributed by atoms with Crippen molar-refractivity contribution in [2.45, 2.75) is 19.9 Å². The Bertz CT molecular complexity index is 1380. The van der Waals surface area contributed by atoms with Gasteiger partial charge in [0.1, 0.15) is 18.1 Å². The van der Waals surface area contributed by atoms with Gasteiger partial charge in [-0.2, -0.15) is 0 Å². The number of carbonyl (C=O) groups is 2. The zero-order chi connectivity index (χ0) is 26.5. The number of aromatic nitrogens is 2. The lowest BCUT2D eigenvalue weighted by Gasteiger charge is -2.26. The van der Waals surface area contributed by atoms with E-state index in [-0.39, 0.29) is 30.3 Å². The molecule has 9 heteroatoms. The molecule has 0 radical (unpaired) electrons. The minimum atomic E-state index is -0.425. The summed E-state index contributed by atoms with van der Waals surface area (Å²) < 4.78 is 20.4. The first-order chi connectivity index (χ1) is 17.7. The third kappa shape index (κ3) is 6.16. The van der Waals surface area contributed by atoms with Gasteiger partial charge in [-0.05, 0) is 86.6 Å². The van der Waals surface area contributed by atoms with Crippen molar-refractivity contribution >= 4 is 29.4 Å². The zero-order valence-electron chi connectivity index (χ0n) is 20.6. The number of nitrogens with one attached hydrogen (secondary N) is 1. The normalized spacial score (nSPS) is 10.9. The number of hydrogen-bond acceptors (Lipinski definition) is 4. The van der Waals surface area contributed by atoms with E-state index >= 15 is 0 Å². The summed E-state index contributed by atoms with van der Waals surface area (Å²) in [6.45, 7) is 3.48. The van der Waals surface area contributed by atoms with Crippen LogP contribution in [0.15, 0.2) is 79.0 Å². The molecular formula is C28H26ClFN4O3. The lowest BCUT2D eigenvalue weighted by atomic mass is 10.1. The van der Waals surface area contributed by atoms with Crippen molar-refractivity contribution < 1.29 is 18.7 Å². The fourth-order valence-corrected chi connectivity index (χ4v) is 3.86. The summed E-state index contributed by atoms with van der Waals surface area (Å²) in [5.74, 6) is -0.147. The minimum absolute atomic E-state index is 0.187. The largest absolute Gasteiger partial charge is 0.497 e. The Hall–Kier alpha value is -4.17. The first-order valence-electron chi connectivity index (χ1n) is 11.6. The van der Waals surface area contributed by atoms with Crippen LogP contribution in [0.3, 0.4) is 0 Å². The Morgan fingerprint density at radius 3 is 2.27 bits per heavy atom. The molecule has 0 fully saturated rings. The highest BCUT2D eigenvalue weighted by atomic mass is 35.5. The molecule has 1 heterocycles. The number of amides is 2. The van der Waals surface area contributed by atoms with Crippen LogP contribution in [0.25, 0.3) is 16.9 Å². The highest BCUT2D eigenvalue weighted by Crippen LogP contribution is 2.26. The molecule has 0 unspecified atom stereocenters. The van der Waals surface area contributed by atoms with Crippen LogP contribution in [0, 0.1) is 5.82 Å². The maximum Gasteiger partial charge on any atom is 0.254 e. The molecule has 0 saturated carbocycles. The van der Waals surface area contributed by atoms with Gasteiger partial charge in [0, 0.05) is 34.1 Å². The summed E-state index contributed by atoms with van der Waals surface area (Å²) in [6.07, 6.45) is 1.75. The smallest absolute Gasteiger partial charge is 0.254 e. The van der Waals surface area contributed by atoms with Gasteiger partial charge in [-0.25, -0.2) is 9.37 Å². The Labute approximate surface area is 219 Å². The van der Waals surface area contributed by atoms with Crippen molar-refractivity contribution in [3.8, 4) is 22.7 Å². The van der Waals surface area contributed by atoms with E-state index in [0.29, 0.717) is 27.7 Å². The second kappa shape index (κ2) is 11.3. The average Bonchev–Trinajstić information content (AvgIpc) is 3.31. The summed E-state index contributed by atoms with van der Waals surface area (Å²) >= 11 is 5.94. The van der Waals surface area contributed by atoms with E-state index in [1.165, 1.54) is 17.0 Å². The maximum absolute atomic E-state index is 13.6. The number of carbonyl (C=O) groups excluding carboxylic acids is 2. The van der Waals surface area contributed by atoms with Gasteiger partial charge in [0.05, 0.1) is 12.8 Å². The Balaban J connectivity index is 1.61. The third-order valence-corrected chi connectivity index (χ3v) is 5.99. The molecule has 3 aromatic carbocycles. The van der Waals surface area contributed by atoms with Crippen molar-refractivity contribution in [2.75, 3.05) is 19.0 Å². The number of rotatable bonds is 8. The summed E-state index contributed by atoms with van der Waals surface area (Å²) in [7, 11) is 1.59. The molecule has 2 amide bonds. The maximum atomic E-state index is 13.6. The van der Waals surface area contributed by atoms with Gasteiger partial charge in [0.2, 0.25) is 11.9 Å². The molecule has 4 rings (SSSR count). The standard InChI is InChI=1S/C28H26ClFN4O3/c1-18(2)33(27(36)20-4-8-21(29)9-5-20)17-26(35)32-28-31-25(19-6-14-24(37-3)15-7-19)16-34(28)23-12-10-22(30)11-13-23/h4-16,18H,17H2,1-3H3,(H,31,32,35). The van der Waals surface area contributed by atoms with E-state index in [9.17, 15) is 14.0 Å². The first kappa shape index (κ1) is 25.9. The number of ether oxygens (including phenoxy) is 1. The molecule has 0 bridgehead atoms. The van der Waals surface area contributed by atoms with Gasteiger partial charge in [-0.15, -0.1) is 0 Å². The number of benzene rings is 3. The highest BCUT2D eigenvalue weighted by Gasteiger charge is 2.23. The van der Waals surface area contributed by atoms with E-state index in [2.05, 4.69) is 10.3 Å². The van der Waals surface area contributed by atoms with Gasteiger partial charge >= 0.3 is 0 Å². The van der Waals surface area contributed by atoms with Crippen molar-refractivity contribution in [3.05, 3.63) is 95.4 Å². The van der Waals surface area contributed by atoms with Crippen LogP contribution in [-0.4, -0.2) is 46.0 Å². The molecule has 0 aliphatic carbocycles. The molecule has 0 atom stereocenters. The predicted octanol–water partition coefficient (Wildman–Crippen LogP) is 5.83. The molecule has 0 aliphatic rings. The molecular weight excluding hydrogens is 495 g/mol. The summed E-state index contributed by atoms with van der Waals surface area (Å²) in [5, 5.41) is 3.34. The van der Waals surface area contributed by atoms with Crippen LogP contribution in [0.1, 0.15) is 24.2 Å². The topological polar surface area (TPSA) is 76.5 Å². The van der Waals surface area contributed by atoms with Crippen molar-refractivity contribution in [1.29, 1.82) is 0 Å². The number of imidazole rings is 1. The number of nitrogens with zero attached hydrogens (tertiary/aromatic N) is 3. The van der Waals surface area contributed by atoms with E-state index in [1.54, 1.807) is 54.3 Å². The van der Waals surface area contributed by atoms with Gasteiger partial charge < -0.3 is 9.64 Å². The quantitative estimate of drug-likeness (QED) is 0.317. The lowest BCUT2D eigenvalue weighted by molar-refractivity contribution is -0.117. The van der Waals surface area contributed by atoms with Gasteiger partial charge in [-0.3, -0.25) is 19.5 Å². The van der Waals surface area contributed by atoms with Crippen LogP contribution in [0.4, 0.5) is 10.3 Å². The van der Waals surface area contributed by atoms with Crippen molar-refractivity contribution in [3.63, 3.8) is 0 Å². The Morgan fingerprint density at radius 1 is 1.03 bits per heavy atom. The molecule has 1 aromatic heterocycles. The van der Waals surface area contributed by atoms with Crippen molar-refractivity contribution in [1.82, 2.24) is 14.5 Å². The van der Waals surface area contributed by atoms with Crippen LogP contribution < -0.4 is 10.1 Å². The van der Waals surface area contributed by atoms with E-state index in [0.717, 1.165) is 5.56 Å². The number of methoxy groups -OCH3 is 1. The van der Waals surface area contributed by atoms with E-state index in [4.69, 9.17) is 16.3 Å². The fourth-order valence-electron chi connectivity index (χ4n) is 3.73. The summed E-state index contributed by atoms with van der Waals surface area (Å²) in [6, 6.07) is 19.5. The predicted molar refractivity (Wildman–Crippen MR) is 142 cm³/mol. The summed E-state index contributed by atoms with van der Waals surface area (Å²) in [4.78, 5) is 32.3. The molecule has 7 nitrogen and oxygen atoms in total. The molecule has 0 aliphatic heterocycles. The van der Waals surface area contributed by atoms with Crippen LogP contribution >= 0.6 is 11.6 Å². The fraction of sp³-hybridized carbons (Fsp3) is 0.179. The van der Waals surface area contributed by atoms with E-state index < -0.39 is 5.91 Å². The highest BCUT2D eigenvalue weighted by molar-refractivity contribution is 6.30. The molecule has 190 valence electrons. The van der Waals surface area contributed by atoms with Gasteiger partial charge in [0.15, 0.2) is 0 Å². The second-order valence-corrected chi connectivity index (χ2v) is 9.04. The van der Waals surface area contributed by atoms with Crippen LogP contribution in [0.2, 0.25) is 5.02 Å². The molecule has 1 N–H and O–H groups in total. The molecule has 0 saturated heterocycles. The second-order valence-electron chi connectivity index (χ2n) is 8.61. The zero-order valence-corrected chi connectivity index (χ0v) is 21.4. The number of halogens is 2. The molecule has 0 spiro atoms. The van der Waals surface area contributed by atoms with Crippen molar-refractivity contribution in [2.24, 2.45) is 0 Å². The Morgan fingerprint density at radius 2 is 1.68 bits per heavy atom. The van der Waals surface area contributed by atoms with E-state index in [1.807, 2.05) is 38.1 Å². The Kier molecular flexibility index (Phi) is 7.89. The lowest BCUT2D eigenvalue weighted by Crippen LogP contribution is -2.42. The van der Waals surface area contributed by atoms with Gasteiger partial charge in [-0.1, -0.05) is 11.6 Å². The number of hydrogen-bond donors (Lipinski definition) is 1. The van der Waals surface area contributed by atoms with Gasteiger partial charge in [0.25, 0.3) is 5.91 Å². The van der Waals surface area contributed by atoms with Crippen LogP contribution in [-0.2, 0) is 4.79 Å². The molecule has 37 heavy (non-hydrogen) atoms. The number of anilines is 1. The van der Waals surface area contributed by atoms with Crippen LogP contribution in [0.5, 0.6) is 5.75 Å². The third-order valence-electron chi connectivity index (χ3n) is 5.74. The molecule has 4 aromatic rings. The monoisotopic (exact) mass is 520 g/mol. The SMILES string of the molecule is COc1ccc(-c2cn(-c3ccc(F)cc3)c(NC(=O)CN(C(=O)c3ccc(Cl)cc3)C(C)C)n2)cc1. The summed E-state index contributed by atoms with van der Waals surface area (Å²) in [5.41, 5.74) is 2.45. The average molecular weight is 521 g/mol. The minimum Gasteiger partial charge on any atom is -0.497 e. The first-order valence-corrected chi connectivity index (χ1v) is 12.0.